The van der Waals surface area contributed by atoms with Gasteiger partial charge in [0.05, 0.1) is 15.6 Å². The topological polar surface area (TPSA) is 30.0 Å². The van der Waals surface area contributed by atoms with Crippen LogP contribution in [-0.4, -0.2) is 10.8 Å². The molecule has 86 valence electrons. The Morgan fingerprint density at radius 1 is 1.18 bits per heavy atom. The lowest BCUT2D eigenvalue weighted by atomic mass is 9.94. The summed E-state index contributed by atoms with van der Waals surface area (Å²) in [5, 5.41) is 1.85. The number of fused-ring (bicyclic) bond motifs is 2. The van der Waals surface area contributed by atoms with Gasteiger partial charge in [0.25, 0.3) is 0 Å². The Kier molecular flexibility index (Phi) is 2.57. The first-order chi connectivity index (χ1) is 8.16. The predicted molar refractivity (Wildman–Crippen MR) is 69.0 cm³/mol. The summed E-state index contributed by atoms with van der Waals surface area (Å²) in [6.07, 6.45) is 2.36. The molecule has 1 aliphatic carbocycles. The van der Waals surface area contributed by atoms with Crippen molar-refractivity contribution in [2.75, 3.05) is 0 Å². The number of aromatic nitrogens is 1. The summed E-state index contributed by atoms with van der Waals surface area (Å²) in [6, 6.07) is 5.45. The molecule has 1 aromatic heterocycles. The summed E-state index contributed by atoms with van der Waals surface area (Å²) in [5.74, 6) is 0.124. The standard InChI is InChI=1S/C13H9Cl2NO/c14-9-4-5-10-8(12(9)15)6-7-2-1-3-11(17)13(7)16-10/h4-6H,1-3H2. The minimum absolute atomic E-state index is 0.124. The minimum Gasteiger partial charge on any atom is -0.292 e. The van der Waals surface area contributed by atoms with E-state index in [0.29, 0.717) is 22.2 Å². The molecule has 0 fully saturated rings. The van der Waals surface area contributed by atoms with E-state index < -0.39 is 0 Å². The maximum atomic E-state index is 11.8. The molecular weight excluding hydrogens is 257 g/mol. The van der Waals surface area contributed by atoms with Crippen LogP contribution in [-0.2, 0) is 6.42 Å². The number of ketones is 1. The maximum absolute atomic E-state index is 11.8. The number of pyridine rings is 1. The van der Waals surface area contributed by atoms with Crippen LogP contribution in [0.1, 0.15) is 28.9 Å². The van der Waals surface area contributed by atoms with Crippen LogP contribution < -0.4 is 0 Å². The van der Waals surface area contributed by atoms with Crippen molar-refractivity contribution in [2.24, 2.45) is 0 Å². The molecule has 17 heavy (non-hydrogen) atoms. The van der Waals surface area contributed by atoms with Gasteiger partial charge in [-0.25, -0.2) is 4.98 Å². The first-order valence-corrected chi connectivity index (χ1v) is 6.23. The second kappa shape index (κ2) is 3.97. The van der Waals surface area contributed by atoms with Crippen LogP contribution in [0, 0.1) is 0 Å². The van der Waals surface area contributed by atoms with Gasteiger partial charge in [-0.15, -0.1) is 0 Å². The van der Waals surface area contributed by atoms with E-state index in [1.807, 2.05) is 6.07 Å². The number of hydrogen-bond donors (Lipinski definition) is 0. The Hall–Kier alpha value is -1.12. The van der Waals surface area contributed by atoms with Crippen molar-refractivity contribution in [2.45, 2.75) is 19.3 Å². The van der Waals surface area contributed by atoms with Crippen molar-refractivity contribution in [3.8, 4) is 0 Å². The van der Waals surface area contributed by atoms with Gasteiger partial charge in [0, 0.05) is 11.8 Å². The number of benzene rings is 1. The van der Waals surface area contributed by atoms with Crippen LogP contribution in [0.2, 0.25) is 10.0 Å². The Morgan fingerprint density at radius 3 is 2.82 bits per heavy atom. The fraction of sp³-hybridized carbons (Fsp3) is 0.231. The summed E-state index contributed by atoms with van der Waals surface area (Å²) >= 11 is 12.1. The van der Waals surface area contributed by atoms with E-state index in [1.165, 1.54) is 0 Å². The van der Waals surface area contributed by atoms with Gasteiger partial charge >= 0.3 is 0 Å². The van der Waals surface area contributed by atoms with Gasteiger partial charge < -0.3 is 0 Å². The van der Waals surface area contributed by atoms with E-state index in [-0.39, 0.29) is 5.78 Å². The third kappa shape index (κ3) is 1.72. The Balaban J connectivity index is 2.35. The smallest absolute Gasteiger partial charge is 0.181 e. The van der Waals surface area contributed by atoms with E-state index in [0.717, 1.165) is 29.3 Å². The van der Waals surface area contributed by atoms with E-state index in [9.17, 15) is 4.79 Å². The highest BCUT2D eigenvalue weighted by atomic mass is 35.5. The molecule has 2 aromatic rings. The van der Waals surface area contributed by atoms with Crippen molar-refractivity contribution in [1.82, 2.24) is 4.98 Å². The molecule has 0 N–H and O–H groups in total. The number of carbonyl (C=O) groups is 1. The van der Waals surface area contributed by atoms with E-state index in [1.54, 1.807) is 12.1 Å². The summed E-state index contributed by atoms with van der Waals surface area (Å²) in [5.41, 5.74) is 2.31. The molecule has 1 heterocycles. The van der Waals surface area contributed by atoms with Gasteiger partial charge in [0.2, 0.25) is 0 Å². The Labute approximate surface area is 109 Å². The van der Waals surface area contributed by atoms with Crippen LogP contribution in [0.3, 0.4) is 0 Å². The van der Waals surface area contributed by atoms with Crippen molar-refractivity contribution >= 4 is 39.9 Å². The molecule has 1 aromatic carbocycles. The Morgan fingerprint density at radius 2 is 2.00 bits per heavy atom. The summed E-state index contributed by atoms with van der Waals surface area (Å²) in [6.45, 7) is 0. The molecule has 3 rings (SSSR count). The third-order valence-electron chi connectivity index (χ3n) is 3.08. The molecule has 0 saturated carbocycles. The zero-order chi connectivity index (χ0) is 12.0. The van der Waals surface area contributed by atoms with Crippen molar-refractivity contribution in [1.29, 1.82) is 0 Å². The van der Waals surface area contributed by atoms with Gasteiger partial charge in [0.1, 0.15) is 5.69 Å². The van der Waals surface area contributed by atoms with E-state index in [2.05, 4.69) is 4.98 Å². The zero-order valence-electron chi connectivity index (χ0n) is 8.96. The summed E-state index contributed by atoms with van der Waals surface area (Å²) in [4.78, 5) is 16.2. The molecule has 1 aliphatic rings. The second-order valence-corrected chi connectivity index (χ2v) is 4.99. The number of nitrogens with zero attached hydrogens (tertiary/aromatic N) is 1. The second-order valence-electron chi connectivity index (χ2n) is 4.20. The van der Waals surface area contributed by atoms with Crippen molar-refractivity contribution < 1.29 is 4.79 Å². The summed E-state index contributed by atoms with van der Waals surface area (Å²) < 4.78 is 0. The number of Topliss-reactive ketones (excluding diaryl/α,β-unsaturated/α-hetero) is 1. The number of hydrogen-bond acceptors (Lipinski definition) is 2. The lowest BCUT2D eigenvalue weighted by molar-refractivity contribution is 0.0967. The molecule has 2 nitrogen and oxygen atoms in total. The molecule has 0 unspecified atom stereocenters. The average molecular weight is 266 g/mol. The maximum Gasteiger partial charge on any atom is 0.181 e. The molecule has 0 saturated heterocycles. The fourth-order valence-corrected chi connectivity index (χ4v) is 2.59. The first-order valence-electron chi connectivity index (χ1n) is 5.47. The van der Waals surface area contributed by atoms with Crippen LogP contribution in [0.15, 0.2) is 18.2 Å². The van der Waals surface area contributed by atoms with Gasteiger partial charge in [-0.1, -0.05) is 23.2 Å². The van der Waals surface area contributed by atoms with Gasteiger partial charge in [0.15, 0.2) is 5.78 Å². The largest absolute Gasteiger partial charge is 0.292 e. The molecule has 0 aliphatic heterocycles. The first kappa shape index (κ1) is 11.0. The fourth-order valence-electron chi connectivity index (χ4n) is 2.22. The number of aryl methyl sites for hydroxylation is 1. The minimum atomic E-state index is 0.124. The summed E-state index contributed by atoms with van der Waals surface area (Å²) in [7, 11) is 0. The third-order valence-corrected chi connectivity index (χ3v) is 3.90. The molecule has 0 bridgehead atoms. The molecule has 0 amide bonds. The molecule has 0 atom stereocenters. The van der Waals surface area contributed by atoms with Gasteiger partial charge in [-0.2, -0.15) is 0 Å². The van der Waals surface area contributed by atoms with Crippen LogP contribution in [0.5, 0.6) is 0 Å². The monoisotopic (exact) mass is 265 g/mol. The SMILES string of the molecule is O=C1CCCc2cc3c(Cl)c(Cl)ccc3nc21. The zero-order valence-corrected chi connectivity index (χ0v) is 10.5. The highest BCUT2D eigenvalue weighted by molar-refractivity contribution is 6.45. The van der Waals surface area contributed by atoms with Crippen LogP contribution >= 0.6 is 23.2 Å². The number of carbonyl (C=O) groups excluding carboxylic acids is 1. The highest BCUT2D eigenvalue weighted by Gasteiger charge is 2.20. The normalized spacial score (nSPS) is 15.1. The number of rotatable bonds is 0. The lowest BCUT2D eigenvalue weighted by Crippen LogP contribution is -2.13. The molecule has 4 heteroatoms. The van der Waals surface area contributed by atoms with Crippen molar-refractivity contribution in [3.63, 3.8) is 0 Å². The number of halogens is 2. The lowest BCUT2D eigenvalue weighted by Gasteiger charge is -2.15. The van der Waals surface area contributed by atoms with Crippen LogP contribution in [0.4, 0.5) is 0 Å². The molecular formula is C13H9Cl2NO. The van der Waals surface area contributed by atoms with Crippen LogP contribution in [0.25, 0.3) is 10.9 Å². The Bertz CT molecular complexity index is 637. The van der Waals surface area contributed by atoms with E-state index in [4.69, 9.17) is 23.2 Å². The van der Waals surface area contributed by atoms with Crippen molar-refractivity contribution in [3.05, 3.63) is 39.5 Å². The van der Waals surface area contributed by atoms with Gasteiger partial charge in [-0.3, -0.25) is 4.79 Å². The predicted octanol–water partition coefficient (Wildman–Crippen LogP) is 4.06. The van der Waals surface area contributed by atoms with Gasteiger partial charge in [-0.05, 0) is 36.6 Å². The van der Waals surface area contributed by atoms with E-state index >= 15 is 0 Å². The average Bonchev–Trinajstić information content (AvgIpc) is 2.33. The highest BCUT2D eigenvalue weighted by Crippen LogP contribution is 2.32. The quantitative estimate of drug-likeness (QED) is 0.719. The molecule has 0 spiro atoms. The molecule has 0 radical (unpaired) electrons.